The van der Waals surface area contributed by atoms with E-state index in [-0.39, 0.29) is 11.9 Å². The fourth-order valence-electron chi connectivity index (χ4n) is 2.33. The molecule has 1 aromatic rings. The lowest BCUT2D eigenvalue weighted by molar-refractivity contribution is 0.0702. The SMILES string of the molecule is CC(C)CN(CC(C)C)C(=O)c1cc(Br)cn1C(C)C. The van der Waals surface area contributed by atoms with Gasteiger partial charge >= 0.3 is 0 Å². The van der Waals surface area contributed by atoms with E-state index in [4.69, 9.17) is 0 Å². The van der Waals surface area contributed by atoms with E-state index < -0.39 is 0 Å². The molecule has 3 nitrogen and oxygen atoms in total. The van der Waals surface area contributed by atoms with Crippen LogP contribution in [0.5, 0.6) is 0 Å². The molecule has 0 aliphatic carbocycles. The number of aromatic nitrogens is 1. The van der Waals surface area contributed by atoms with Gasteiger partial charge in [-0.25, -0.2) is 0 Å². The Morgan fingerprint density at radius 1 is 1.15 bits per heavy atom. The van der Waals surface area contributed by atoms with Gasteiger partial charge in [-0.2, -0.15) is 0 Å². The molecule has 0 aliphatic rings. The fourth-order valence-corrected chi connectivity index (χ4v) is 2.77. The van der Waals surface area contributed by atoms with Crippen molar-refractivity contribution in [2.24, 2.45) is 11.8 Å². The topological polar surface area (TPSA) is 25.2 Å². The molecule has 0 unspecified atom stereocenters. The van der Waals surface area contributed by atoms with Gasteiger partial charge in [0.25, 0.3) is 5.91 Å². The van der Waals surface area contributed by atoms with E-state index in [1.165, 1.54) is 0 Å². The van der Waals surface area contributed by atoms with Gasteiger partial charge < -0.3 is 9.47 Å². The summed E-state index contributed by atoms with van der Waals surface area (Å²) in [5, 5.41) is 0. The minimum atomic E-state index is 0.131. The van der Waals surface area contributed by atoms with Crippen molar-refractivity contribution in [3.8, 4) is 0 Å². The second kappa shape index (κ2) is 7.30. The van der Waals surface area contributed by atoms with Crippen LogP contribution in [-0.4, -0.2) is 28.5 Å². The van der Waals surface area contributed by atoms with Crippen molar-refractivity contribution in [3.05, 3.63) is 22.4 Å². The molecule has 0 fully saturated rings. The lowest BCUT2D eigenvalue weighted by Crippen LogP contribution is -2.38. The summed E-state index contributed by atoms with van der Waals surface area (Å²) >= 11 is 3.48. The Kier molecular flexibility index (Phi) is 6.31. The zero-order valence-electron chi connectivity index (χ0n) is 13.5. The number of carbonyl (C=O) groups excluding carboxylic acids is 1. The molecule has 20 heavy (non-hydrogen) atoms. The van der Waals surface area contributed by atoms with E-state index in [9.17, 15) is 4.79 Å². The Morgan fingerprint density at radius 3 is 2.05 bits per heavy atom. The van der Waals surface area contributed by atoms with E-state index in [0.29, 0.717) is 11.8 Å². The van der Waals surface area contributed by atoms with E-state index in [1.54, 1.807) is 0 Å². The minimum absolute atomic E-state index is 0.131. The maximum absolute atomic E-state index is 12.8. The molecule has 0 N–H and O–H groups in total. The highest BCUT2D eigenvalue weighted by Crippen LogP contribution is 2.21. The Labute approximate surface area is 131 Å². The standard InChI is InChI=1S/C16H27BrN2O/c1-11(2)8-18(9-12(3)4)16(20)15-7-14(17)10-19(15)13(5)6/h7,10-13H,8-9H2,1-6H3. The van der Waals surface area contributed by atoms with Gasteiger partial charge in [0.05, 0.1) is 0 Å². The second-order valence-electron chi connectivity index (χ2n) is 6.54. The molecule has 114 valence electrons. The number of nitrogens with zero attached hydrogens (tertiary/aromatic N) is 2. The van der Waals surface area contributed by atoms with Crippen LogP contribution in [0.1, 0.15) is 58.1 Å². The first-order valence-electron chi connectivity index (χ1n) is 7.39. The molecule has 0 saturated carbocycles. The molecule has 0 radical (unpaired) electrons. The lowest BCUT2D eigenvalue weighted by atomic mass is 10.1. The molecule has 0 bridgehead atoms. The summed E-state index contributed by atoms with van der Waals surface area (Å²) in [5.74, 6) is 1.08. The van der Waals surface area contributed by atoms with Gasteiger partial charge in [-0.1, -0.05) is 27.7 Å². The molecule has 1 heterocycles. The van der Waals surface area contributed by atoms with Gasteiger partial charge in [-0.05, 0) is 47.7 Å². The van der Waals surface area contributed by atoms with E-state index >= 15 is 0 Å². The number of amides is 1. The summed E-state index contributed by atoms with van der Waals surface area (Å²) in [7, 11) is 0. The third-order valence-electron chi connectivity index (χ3n) is 3.05. The van der Waals surface area contributed by atoms with Crippen molar-refractivity contribution in [1.82, 2.24) is 9.47 Å². The summed E-state index contributed by atoms with van der Waals surface area (Å²) in [4.78, 5) is 14.8. The molecule has 0 atom stereocenters. The average Bonchev–Trinajstić information content (AvgIpc) is 2.68. The van der Waals surface area contributed by atoms with Crippen molar-refractivity contribution < 1.29 is 4.79 Å². The van der Waals surface area contributed by atoms with Crippen molar-refractivity contribution in [2.45, 2.75) is 47.6 Å². The number of rotatable bonds is 6. The van der Waals surface area contributed by atoms with Crippen LogP contribution in [-0.2, 0) is 0 Å². The maximum Gasteiger partial charge on any atom is 0.270 e. The number of hydrogen-bond acceptors (Lipinski definition) is 1. The first kappa shape index (κ1) is 17.3. The lowest BCUT2D eigenvalue weighted by Gasteiger charge is -2.27. The van der Waals surface area contributed by atoms with Crippen molar-refractivity contribution >= 4 is 21.8 Å². The molecule has 0 aliphatic heterocycles. The molecule has 1 aromatic heterocycles. The van der Waals surface area contributed by atoms with Crippen LogP contribution < -0.4 is 0 Å². The van der Waals surface area contributed by atoms with Gasteiger partial charge in [-0.15, -0.1) is 0 Å². The fraction of sp³-hybridized carbons (Fsp3) is 0.688. The Morgan fingerprint density at radius 2 is 1.65 bits per heavy atom. The van der Waals surface area contributed by atoms with Gasteiger partial charge in [0, 0.05) is 29.8 Å². The van der Waals surface area contributed by atoms with Gasteiger partial charge in [0.2, 0.25) is 0 Å². The van der Waals surface area contributed by atoms with E-state index in [1.807, 2.05) is 21.7 Å². The third-order valence-corrected chi connectivity index (χ3v) is 3.48. The summed E-state index contributed by atoms with van der Waals surface area (Å²) in [6.07, 6.45) is 1.99. The molecule has 0 saturated heterocycles. The zero-order chi connectivity index (χ0) is 15.4. The molecular weight excluding hydrogens is 316 g/mol. The number of hydrogen-bond donors (Lipinski definition) is 0. The van der Waals surface area contributed by atoms with Gasteiger partial charge in [-0.3, -0.25) is 4.79 Å². The largest absolute Gasteiger partial charge is 0.340 e. The van der Waals surface area contributed by atoms with Gasteiger partial charge in [0.1, 0.15) is 5.69 Å². The van der Waals surface area contributed by atoms with Crippen LogP contribution >= 0.6 is 15.9 Å². The predicted octanol–water partition coefficient (Wildman–Crippen LogP) is 4.59. The highest BCUT2D eigenvalue weighted by molar-refractivity contribution is 9.10. The molecular formula is C16H27BrN2O. The van der Waals surface area contributed by atoms with Crippen molar-refractivity contribution in [2.75, 3.05) is 13.1 Å². The van der Waals surface area contributed by atoms with Crippen LogP contribution in [0, 0.1) is 11.8 Å². The van der Waals surface area contributed by atoms with Crippen molar-refractivity contribution in [1.29, 1.82) is 0 Å². The maximum atomic E-state index is 12.8. The third kappa shape index (κ3) is 4.65. The summed E-state index contributed by atoms with van der Waals surface area (Å²) < 4.78 is 3.00. The Balaban J connectivity index is 3.05. The molecule has 1 amide bonds. The minimum Gasteiger partial charge on any atom is -0.340 e. The zero-order valence-corrected chi connectivity index (χ0v) is 15.1. The number of halogens is 1. The van der Waals surface area contributed by atoms with E-state index in [0.717, 1.165) is 23.3 Å². The van der Waals surface area contributed by atoms with Crippen LogP contribution in [0.15, 0.2) is 16.7 Å². The van der Waals surface area contributed by atoms with Crippen LogP contribution in [0.3, 0.4) is 0 Å². The molecule has 4 heteroatoms. The van der Waals surface area contributed by atoms with Gasteiger partial charge in [0.15, 0.2) is 0 Å². The first-order valence-corrected chi connectivity index (χ1v) is 8.18. The summed E-state index contributed by atoms with van der Waals surface area (Å²) in [5.41, 5.74) is 0.771. The highest BCUT2D eigenvalue weighted by Gasteiger charge is 2.22. The normalized spacial score (nSPS) is 11.7. The summed E-state index contributed by atoms with van der Waals surface area (Å²) in [6.45, 7) is 14.4. The Bertz CT molecular complexity index is 439. The summed E-state index contributed by atoms with van der Waals surface area (Å²) in [6, 6.07) is 2.20. The molecule has 0 aromatic carbocycles. The first-order chi connectivity index (χ1) is 9.22. The van der Waals surface area contributed by atoms with E-state index in [2.05, 4.69) is 57.5 Å². The molecule has 0 spiro atoms. The number of carbonyl (C=O) groups is 1. The van der Waals surface area contributed by atoms with Crippen LogP contribution in [0.25, 0.3) is 0 Å². The smallest absolute Gasteiger partial charge is 0.270 e. The Hall–Kier alpha value is -0.770. The average molecular weight is 343 g/mol. The van der Waals surface area contributed by atoms with Crippen LogP contribution in [0.2, 0.25) is 0 Å². The quantitative estimate of drug-likeness (QED) is 0.742. The monoisotopic (exact) mass is 342 g/mol. The highest BCUT2D eigenvalue weighted by atomic mass is 79.9. The van der Waals surface area contributed by atoms with Crippen LogP contribution in [0.4, 0.5) is 0 Å². The molecule has 1 rings (SSSR count). The second-order valence-corrected chi connectivity index (χ2v) is 7.46. The predicted molar refractivity (Wildman–Crippen MR) is 88.1 cm³/mol. The van der Waals surface area contributed by atoms with Crippen molar-refractivity contribution in [3.63, 3.8) is 0 Å².